The van der Waals surface area contributed by atoms with E-state index >= 15 is 0 Å². The third kappa shape index (κ3) is 19.0. The summed E-state index contributed by atoms with van der Waals surface area (Å²) in [5.41, 5.74) is 0. The largest absolute Gasteiger partial charge is 0 e. The molecule has 0 saturated heterocycles. The van der Waals surface area contributed by atoms with Crippen molar-refractivity contribution in [2.75, 3.05) is 0 Å². The van der Waals surface area contributed by atoms with Gasteiger partial charge in [-0.15, -0.1) is 0 Å². The number of hydrogen-bond acceptors (Lipinski definition) is 0. The van der Waals surface area contributed by atoms with Crippen LogP contribution in [0.3, 0.4) is 0 Å². The molecule has 0 saturated carbocycles. The van der Waals surface area contributed by atoms with Crippen LogP contribution in [0.2, 0.25) is 0 Å². The number of hydrogen-bond donors (Lipinski definition) is 0. The Labute approximate surface area is 98.1 Å². The van der Waals surface area contributed by atoms with Gasteiger partial charge in [-0.25, -0.2) is 0 Å². The molecule has 0 aliphatic heterocycles. The molecule has 0 atom stereocenters. The fourth-order valence-electron chi connectivity index (χ4n) is 0. The first-order valence-corrected chi connectivity index (χ1v) is 0. The Bertz CT molecular complexity index is 11.6. The molecule has 25 valence electrons. The molecule has 0 aliphatic carbocycles. The average Bonchev–Trinajstić information content (AvgIpc) is 0. The number of rotatable bonds is 0. The monoisotopic (exact) mass is 235 g/mol. The molecule has 0 bridgehead atoms. The van der Waals surface area contributed by atoms with E-state index in [0.717, 1.165) is 0 Å². The molecular weight excluding hydrogens is 231 g/mol. The van der Waals surface area contributed by atoms with Gasteiger partial charge in [-0.3, -0.25) is 0 Å². The van der Waals surface area contributed by atoms with Crippen molar-refractivity contribution >= 4 is 38.7 Å². The summed E-state index contributed by atoms with van der Waals surface area (Å²) < 4.78 is 0. The second kappa shape index (κ2) is 27.1. The Kier molecular flexibility index (Phi) is 225. The third-order valence-electron chi connectivity index (χ3n) is 0. The van der Waals surface area contributed by atoms with Crippen molar-refractivity contribution < 1.29 is 61.2 Å². The van der Waals surface area contributed by atoms with E-state index in [2.05, 4.69) is 0 Å². The summed E-state index contributed by atoms with van der Waals surface area (Å²) in [6.45, 7) is 0. The van der Waals surface area contributed by atoms with Crippen LogP contribution in [0.25, 0.3) is 0 Å². The maximum atomic E-state index is 0. The summed E-state index contributed by atoms with van der Waals surface area (Å²) in [4.78, 5) is 0. The Balaban J connectivity index is 0. The maximum absolute atomic E-state index is 0. The van der Waals surface area contributed by atoms with Gasteiger partial charge < -0.3 is 0 Å². The van der Waals surface area contributed by atoms with E-state index in [9.17, 15) is 0 Å². The van der Waals surface area contributed by atoms with E-state index in [1.165, 1.54) is 0 Å². The van der Waals surface area contributed by atoms with Gasteiger partial charge in [-0.2, -0.15) is 0 Å². The van der Waals surface area contributed by atoms with E-state index < -0.39 is 0 Å². The topological polar surface area (TPSA) is 0 Å². The van der Waals surface area contributed by atoms with Gasteiger partial charge in [0.25, 0.3) is 0 Å². The minimum Gasteiger partial charge on any atom is 0 e. The molecule has 0 fully saturated rings. The maximum Gasteiger partial charge on any atom is 0 e. The second-order valence-electron chi connectivity index (χ2n) is 0. The van der Waals surface area contributed by atoms with Crippen LogP contribution in [0.5, 0.6) is 0 Å². The Morgan fingerprint density at radius 1 is 1.00 bits per heavy atom. The molecule has 0 rings (SSSR count). The fourth-order valence-corrected chi connectivity index (χ4v) is 0. The smallest absolute Gasteiger partial charge is 0 e. The summed E-state index contributed by atoms with van der Waals surface area (Å²) >= 11 is 0. The van der Waals surface area contributed by atoms with Crippen molar-refractivity contribution in [3.63, 3.8) is 0 Å². The van der Waals surface area contributed by atoms with Crippen molar-refractivity contribution in [2.45, 2.75) is 0 Å². The fraction of sp³-hybridized carbons (Fsp3) is 0. The normalized spacial score (nSPS) is 0. The van der Waals surface area contributed by atoms with Crippen LogP contribution in [-0.4, -0.2) is 38.7 Å². The van der Waals surface area contributed by atoms with Crippen LogP contribution >= 0.6 is 0 Å². The van der Waals surface area contributed by atoms with Gasteiger partial charge in [0, 0.05) is 61.2 Å². The molecule has 0 aromatic rings. The van der Waals surface area contributed by atoms with Crippen molar-refractivity contribution in [3.8, 4) is 0 Å². The van der Waals surface area contributed by atoms with Gasteiger partial charge in [0.05, 0.1) is 0 Å². The first-order chi connectivity index (χ1) is 0. The standard InChI is InChI=1S/Co.Ga.Li.Sc.V.4H. The molecule has 0 spiro atoms. The van der Waals surface area contributed by atoms with Crippen LogP contribution in [-0.2, 0) is 61.2 Å². The minimum absolute atomic E-state index is 0. The van der Waals surface area contributed by atoms with Gasteiger partial charge >= 0.3 is 38.7 Å². The zero-order valence-electron chi connectivity index (χ0n) is 1.36. The molecule has 5 heavy (non-hydrogen) atoms. The van der Waals surface area contributed by atoms with E-state index in [1.807, 2.05) is 0 Å². The molecular formula is H4CoGaLiScV. The molecule has 3 radical (unpaired) electrons. The van der Waals surface area contributed by atoms with Crippen LogP contribution < -0.4 is 0 Å². The molecule has 0 aromatic carbocycles. The molecule has 0 aliphatic rings. The molecule has 0 nitrogen and oxygen atoms in total. The van der Waals surface area contributed by atoms with Crippen LogP contribution in [0.1, 0.15) is 0 Å². The molecule has 0 amide bonds. The van der Waals surface area contributed by atoms with Crippen LogP contribution in [0.15, 0.2) is 0 Å². The van der Waals surface area contributed by atoms with E-state index in [1.54, 1.807) is 0 Å². The predicted octanol–water partition coefficient (Wildman–Crippen LogP) is -1.84. The van der Waals surface area contributed by atoms with Crippen molar-refractivity contribution in [3.05, 3.63) is 0 Å². The van der Waals surface area contributed by atoms with Crippen molar-refractivity contribution in [2.24, 2.45) is 0 Å². The molecule has 0 N–H and O–H groups in total. The van der Waals surface area contributed by atoms with E-state index in [-0.39, 0.29) is 99.8 Å². The Morgan fingerprint density at radius 2 is 1.00 bits per heavy atom. The van der Waals surface area contributed by atoms with Gasteiger partial charge in [0.2, 0.25) is 0 Å². The van der Waals surface area contributed by atoms with E-state index in [4.69, 9.17) is 0 Å². The second-order valence-corrected chi connectivity index (χ2v) is 0. The van der Waals surface area contributed by atoms with Crippen LogP contribution in [0.4, 0.5) is 0 Å². The van der Waals surface area contributed by atoms with Gasteiger partial charge in [0.15, 0.2) is 0 Å². The van der Waals surface area contributed by atoms with E-state index in [0.29, 0.717) is 0 Å². The van der Waals surface area contributed by atoms with Gasteiger partial charge in [-0.1, -0.05) is 0 Å². The summed E-state index contributed by atoms with van der Waals surface area (Å²) in [5.74, 6) is 0. The summed E-state index contributed by atoms with van der Waals surface area (Å²) in [6.07, 6.45) is 0. The molecule has 0 heterocycles. The Morgan fingerprint density at radius 3 is 1.00 bits per heavy atom. The molecule has 5 heteroatoms. The quantitative estimate of drug-likeness (QED) is 0.433. The average molecular weight is 236 g/mol. The minimum atomic E-state index is 0. The predicted molar refractivity (Wildman–Crippen MR) is 17.1 cm³/mol. The summed E-state index contributed by atoms with van der Waals surface area (Å²) in [5, 5.41) is 0. The SMILES string of the molecule is [Co].[GaH3].[LiH].[Sc].[V]. The zero-order valence-corrected chi connectivity index (χ0v) is 5.60. The summed E-state index contributed by atoms with van der Waals surface area (Å²) in [7, 11) is 0. The Hall–Kier alpha value is 3.19. The molecule has 0 unspecified atom stereocenters. The summed E-state index contributed by atoms with van der Waals surface area (Å²) in [6, 6.07) is 0. The first kappa shape index (κ1) is 41.6. The third-order valence-corrected chi connectivity index (χ3v) is 0. The van der Waals surface area contributed by atoms with Crippen molar-refractivity contribution in [1.82, 2.24) is 0 Å². The van der Waals surface area contributed by atoms with Crippen LogP contribution in [0, 0.1) is 0 Å². The zero-order chi connectivity index (χ0) is 0. The van der Waals surface area contributed by atoms with Crippen molar-refractivity contribution in [1.29, 1.82) is 0 Å². The molecule has 0 aromatic heterocycles. The van der Waals surface area contributed by atoms with Gasteiger partial charge in [0.1, 0.15) is 0 Å². The van der Waals surface area contributed by atoms with Gasteiger partial charge in [-0.05, 0) is 0 Å². The first-order valence-electron chi connectivity index (χ1n) is 0.